The standard InChI is InChI=1S/C12H15NO/c1-2-10-13-12(14)9-8-11-6-4-3-5-7-11/h2-7H,1,8-10H2,(H,13,14). The van der Waals surface area contributed by atoms with E-state index >= 15 is 0 Å². The molecule has 1 aromatic carbocycles. The third-order valence-electron chi connectivity index (χ3n) is 1.93. The van der Waals surface area contributed by atoms with Gasteiger partial charge in [0, 0.05) is 13.0 Å². The van der Waals surface area contributed by atoms with E-state index in [1.165, 1.54) is 5.56 Å². The molecule has 0 aliphatic heterocycles. The van der Waals surface area contributed by atoms with Crippen molar-refractivity contribution in [1.82, 2.24) is 5.32 Å². The van der Waals surface area contributed by atoms with E-state index in [-0.39, 0.29) is 5.91 Å². The lowest BCUT2D eigenvalue weighted by atomic mass is 10.1. The lowest BCUT2D eigenvalue weighted by Crippen LogP contribution is -2.23. The molecule has 1 N–H and O–H groups in total. The second kappa shape index (κ2) is 5.97. The molecule has 14 heavy (non-hydrogen) atoms. The van der Waals surface area contributed by atoms with Gasteiger partial charge in [-0.2, -0.15) is 0 Å². The van der Waals surface area contributed by atoms with Gasteiger partial charge < -0.3 is 5.32 Å². The lowest BCUT2D eigenvalue weighted by molar-refractivity contribution is -0.120. The van der Waals surface area contributed by atoms with Gasteiger partial charge >= 0.3 is 0 Å². The van der Waals surface area contributed by atoms with Crippen LogP contribution in [-0.2, 0) is 11.2 Å². The van der Waals surface area contributed by atoms with E-state index in [0.717, 1.165) is 6.42 Å². The average molecular weight is 189 g/mol. The van der Waals surface area contributed by atoms with Crippen LogP contribution in [0.15, 0.2) is 43.0 Å². The minimum atomic E-state index is 0.0775. The highest BCUT2D eigenvalue weighted by molar-refractivity contribution is 5.76. The molecule has 0 aromatic heterocycles. The van der Waals surface area contributed by atoms with E-state index in [1.807, 2.05) is 30.3 Å². The SMILES string of the molecule is C=CCNC(=O)CCc1ccccc1. The summed E-state index contributed by atoms with van der Waals surface area (Å²) >= 11 is 0. The predicted octanol–water partition coefficient (Wildman–Crippen LogP) is 1.92. The third kappa shape index (κ3) is 3.90. The molecule has 0 saturated carbocycles. The summed E-state index contributed by atoms with van der Waals surface area (Å²) in [5.41, 5.74) is 1.20. The smallest absolute Gasteiger partial charge is 0.220 e. The molecular formula is C12H15NO. The summed E-state index contributed by atoms with van der Waals surface area (Å²) in [6.45, 7) is 4.09. The van der Waals surface area contributed by atoms with Crippen LogP contribution in [-0.4, -0.2) is 12.5 Å². The molecule has 1 aromatic rings. The molecule has 0 heterocycles. The minimum Gasteiger partial charge on any atom is -0.353 e. The zero-order valence-corrected chi connectivity index (χ0v) is 8.20. The van der Waals surface area contributed by atoms with E-state index in [0.29, 0.717) is 13.0 Å². The third-order valence-corrected chi connectivity index (χ3v) is 1.93. The number of carbonyl (C=O) groups is 1. The second-order valence-corrected chi connectivity index (χ2v) is 3.08. The Morgan fingerprint density at radius 2 is 2.07 bits per heavy atom. The van der Waals surface area contributed by atoms with Crippen molar-refractivity contribution in [1.29, 1.82) is 0 Å². The van der Waals surface area contributed by atoms with E-state index in [2.05, 4.69) is 11.9 Å². The molecule has 0 bridgehead atoms. The largest absolute Gasteiger partial charge is 0.353 e. The maximum absolute atomic E-state index is 11.2. The van der Waals surface area contributed by atoms with E-state index < -0.39 is 0 Å². The molecule has 2 heteroatoms. The first-order valence-electron chi connectivity index (χ1n) is 4.74. The van der Waals surface area contributed by atoms with Crippen molar-refractivity contribution < 1.29 is 4.79 Å². The van der Waals surface area contributed by atoms with Crippen LogP contribution in [0, 0.1) is 0 Å². The van der Waals surface area contributed by atoms with Crippen molar-refractivity contribution in [3.05, 3.63) is 48.6 Å². The molecule has 0 aliphatic rings. The van der Waals surface area contributed by atoms with Gasteiger partial charge in [0.25, 0.3) is 0 Å². The molecule has 0 saturated heterocycles. The van der Waals surface area contributed by atoms with Gasteiger partial charge in [0.15, 0.2) is 0 Å². The Kier molecular flexibility index (Phi) is 4.48. The van der Waals surface area contributed by atoms with Crippen molar-refractivity contribution in [2.24, 2.45) is 0 Å². The molecule has 1 rings (SSSR count). The summed E-state index contributed by atoms with van der Waals surface area (Å²) in [4.78, 5) is 11.2. The van der Waals surface area contributed by atoms with E-state index in [1.54, 1.807) is 6.08 Å². The molecule has 1 amide bonds. The Balaban J connectivity index is 2.27. The van der Waals surface area contributed by atoms with Gasteiger partial charge in [0.05, 0.1) is 0 Å². The van der Waals surface area contributed by atoms with Gasteiger partial charge in [-0.05, 0) is 12.0 Å². The minimum absolute atomic E-state index is 0.0775. The van der Waals surface area contributed by atoms with Crippen LogP contribution in [0.3, 0.4) is 0 Å². The number of benzene rings is 1. The van der Waals surface area contributed by atoms with Crippen molar-refractivity contribution in [3.63, 3.8) is 0 Å². The van der Waals surface area contributed by atoms with Crippen LogP contribution in [0.5, 0.6) is 0 Å². The molecule has 0 spiro atoms. The van der Waals surface area contributed by atoms with Crippen LogP contribution < -0.4 is 5.32 Å². The first-order valence-corrected chi connectivity index (χ1v) is 4.74. The lowest BCUT2D eigenvalue weighted by Gasteiger charge is -2.02. The maximum atomic E-state index is 11.2. The molecule has 74 valence electrons. The highest BCUT2D eigenvalue weighted by atomic mass is 16.1. The summed E-state index contributed by atoms with van der Waals surface area (Å²) in [6, 6.07) is 10.00. The Morgan fingerprint density at radius 3 is 2.71 bits per heavy atom. The normalized spacial score (nSPS) is 9.43. The van der Waals surface area contributed by atoms with Crippen LogP contribution in [0.2, 0.25) is 0 Å². The number of hydrogen-bond acceptors (Lipinski definition) is 1. The van der Waals surface area contributed by atoms with E-state index in [9.17, 15) is 4.79 Å². The van der Waals surface area contributed by atoms with Crippen molar-refractivity contribution in [2.75, 3.05) is 6.54 Å². The zero-order chi connectivity index (χ0) is 10.2. The highest BCUT2D eigenvalue weighted by Crippen LogP contribution is 2.01. The van der Waals surface area contributed by atoms with Crippen LogP contribution in [0.4, 0.5) is 0 Å². The molecular weight excluding hydrogens is 174 g/mol. The Morgan fingerprint density at radius 1 is 1.36 bits per heavy atom. The molecule has 0 aliphatic carbocycles. The zero-order valence-electron chi connectivity index (χ0n) is 8.20. The number of aryl methyl sites for hydroxylation is 1. The summed E-state index contributed by atoms with van der Waals surface area (Å²) in [5.74, 6) is 0.0775. The van der Waals surface area contributed by atoms with Gasteiger partial charge in [-0.15, -0.1) is 6.58 Å². The predicted molar refractivity (Wildman–Crippen MR) is 58.0 cm³/mol. The first-order chi connectivity index (χ1) is 6.83. The van der Waals surface area contributed by atoms with Crippen LogP contribution in [0.1, 0.15) is 12.0 Å². The molecule has 2 nitrogen and oxygen atoms in total. The van der Waals surface area contributed by atoms with Crippen molar-refractivity contribution >= 4 is 5.91 Å². The number of amides is 1. The van der Waals surface area contributed by atoms with E-state index in [4.69, 9.17) is 0 Å². The van der Waals surface area contributed by atoms with Gasteiger partial charge in [-0.1, -0.05) is 36.4 Å². The van der Waals surface area contributed by atoms with Gasteiger partial charge in [-0.3, -0.25) is 4.79 Å². The molecule has 0 radical (unpaired) electrons. The topological polar surface area (TPSA) is 29.1 Å². The summed E-state index contributed by atoms with van der Waals surface area (Å²) in [5, 5.41) is 2.75. The van der Waals surface area contributed by atoms with Crippen LogP contribution >= 0.6 is 0 Å². The quantitative estimate of drug-likeness (QED) is 0.704. The van der Waals surface area contributed by atoms with Gasteiger partial charge in [0.1, 0.15) is 0 Å². The van der Waals surface area contributed by atoms with Crippen molar-refractivity contribution in [2.45, 2.75) is 12.8 Å². The fourth-order valence-corrected chi connectivity index (χ4v) is 1.18. The molecule has 0 unspecified atom stereocenters. The summed E-state index contributed by atoms with van der Waals surface area (Å²) in [6.07, 6.45) is 3.02. The fraction of sp³-hybridized carbons (Fsp3) is 0.250. The van der Waals surface area contributed by atoms with Gasteiger partial charge in [0.2, 0.25) is 5.91 Å². The maximum Gasteiger partial charge on any atom is 0.220 e. The molecule has 0 fully saturated rings. The van der Waals surface area contributed by atoms with Crippen LogP contribution in [0.25, 0.3) is 0 Å². The number of carbonyl (C=O) groups excluding carboxylic acids is 1. The Labute approximate surface area is 84.6 Å². The first kappa shape index (κ1) is 10.5. The highest BCUT2D eigenvalue weighted by Gasteiger charge is 1.99. The number of rotatable bonds is 5. The summed E-state index contributed by atoms with van der Waals surface area (Å²) in [7, 11) is 0. The summed E-state index contributed by atoms with van der Waals surface area (Å²) < 4.78 is 0. The monoisotopic (exact) mass is 189 g/mol. The van der Waals surface area contributed by atoms with Gasteiger partial charge in [-0.25, -0.2) is 0 Å². The number of nitrogens with one attached hydrogen (secondary N) is 1. The Hall–Kier alpha value is -1.57. The number of hydrogen-bond donors (Lipinski definition) is 1. The average Bonchev–Trinajstić information content (AvgIpc) is 2.25. The second-order valence-electron chi connectivity index (χ2n) is 3.08. The van der Waals surface area contributed by atoms with Crippen molar-refractivity contribution in [3.8, 4) is 0 Å². The fourth-order valence-electron chi connectivity index (χ4n) is 1.18. The Bertz CT molecular complexity index is 292. The molecule has 0 atom stereocenters.